The van der Waals surface area contributed by atoms with Gasteiger partial charge in [-0.1, -0.05) is 185 Å². The zero-order chi connectivity index (χ0) is 35.0. The molecule has 0 rings (SSSR count). The van der Waals surface area contributed by atoms with Gasteiger partial charge >= 0.3 is 11.9 Å². The number of esters is 2. The number of ether oxygens (including phenoxy) is 2. The van der Waals surface area contributed by atoms with Crippen LogP contribution in [0.15, 0.2) is 36.5 Å². The maximum Gasteiger partial charge on any atom is 0.305 e. The molecule has 0 aromatic heterocycles. The van der Waals surface area contributed by atoms with Crippen LogP contribution in [0.1, 0.15) is 206 Å². The molecule has 280 valence electrons. The van der Waals surface area contributed by atoms with Gasteiger partial charge in [-0.3, -0.25) is 9.59 Å². The van der Waals surface area contributed by atoms with Crippen molar-refractivity contribution in [3.05, 3.63) is 36.5 Å². The predicted molar refractivity (Wildman–Crippen MR) is 205 cm³/mol. The number of aliphatic hydroxyl groups excluding tert-OH is 1. The first-order valence-corrected chi connectivity index (χ1v) is 20.5. The van der Waals surface area contributed by atoms with E-state index in [1.54, 1.807) is 0 Å². The highest BCUT2D eigenvalue weighted by Crippen LogP contribution is 2.15. The maximum absolute atomic E-state index is 12.0. The number of hydrogen-bond donors (Lipinski definition) is 1. The van der Waals surface area contributed by atoms with E-state index >= 15 is 0 Å². The number of carbonyl (C=O) groups excluding carboxylic acids is 2. The highest BCUT2D eigenvalue weighted by Gasteiger charge is 2.12. The van der Waals surface area contributed by atoms with Crippen molar-refractivity contribution in [2.75, 3.05) is 13.2 Å². The van der Waals surface area contributed by atoms with Crippen molar-refractivity contribution >= 4 is 11.9 Å². The minimum absolute atomic E-state index is 0.119. The highest BCUT2D eigenvalue weighted by atomic mass is 16.6. The summed E-state index contributed by atoms with van der Waals surface area (Å²) in [7, 11) is 0. The maximum atomic E-state index is 12.0. The fourth-order valence-corrected chi connectivity index (χ4v) is 5.81. The fraction of sp³-hybridized carbons (Fsp3) is 0.814. The standard InChI is InChI=1S/C43H78O5/c1-3-5-7-9-11-13-15-17-19-20-21-22-24-26-28-30-32-34-36-38-43(46)48-40-41(44)39-47-42(45)37-35-33-31-29-27-25-23-18-16-14-12-10-8-6-4-2/h6,8,12,14,18,23,41,44H,3-5,7,9-11,13,15-17,19-22,24-40H2,1-2H3/b8-6-,14-12-,23-18-/t41-/m0/s1. The molecule has 0 bridgehead atoms. The number of unbranched alkanes of at least 4 members (excludes halogenated alkanes) is 23. The fourth-order valence-electron chi connectivity index (χ4n) is 5.81. The number of carbonyl (C=O) groups is 2. The van der Waals surface area contributed by atoms with E-state index in [1.165, 1.54) is 116 Å². The third-order valence-corrected chi connectivity index (χ3v) is 8.89. The zero-order valence-corrected chi connectivity index (χ0v) is 31.7. The Morgan fingerprint density at radius 1 is 0.458 bits per heavy atom. The van der Waals surface area contributed by atoms with Crippen molar-refractivity contribution in [1.82, 2.24) is 0 Å². The number of aliphatic hydroxyl groups is 1. The molecule has 0 radical (unpaired) electrons. The molecule has 0 aromatic rings. The molecule has 48 heavy (non-hydrogen) atoms. The van der Waals surface area contributed by atoms with Crippen LogP contribution < -0.4 is 0 Å². The molecule has 0 spiro atoms. The Hall–Kier alpha value is -1.88. The van der Waals surface area contributed by atoms with E-state index < -0.39 is 6.10 Å². The highest BCUT2D eigenvalue weighted by molar-refractivity contribution is 5.69. The second kappa shape index (κ2) is 39.6. The molecule has 1 N–H and O–H groups in total. The Balaban J connectivity index is 3.42. The van der Waals surface area contributed by atoms with Crippen molar-refractivity contribution in [3.63, 3.8) is 0 Å². The minimum atomic E-state index is -0.968. The summed E-state index contributed by atoms with van der Waals surface area (Å²) in [5.74, 6) is -0.578. The molecule has 0 aliphatic carbocycles. The second-order valence-electron chi connectivity index (χ2n) is 13.7. The van der Waals surface area contributed by atoms with Crippen molar-refractivity contribution in [2.24, 2.45) is 0 Å². The number of allylic oxidation sites excluding steroid dienone is 6. The Morgan fingerprint density at radius 2 is 0.792 bits per heavy atom. The molecule has 5 nitrogen and oxygen atoms in total. The van der Waals surface area contributed by atoms with Crippen LogP contribution in [0.3, 0.4) is 0 Å². The molecule has 0 amide bonds. The SMILES string of the molecule is CC/C=C\C/C=C\C/C=C\CCCCCCCC(=O)OC[C@H](O)COC(=O)CCCCCCCCCCCCCCCCCCCCC. The number of hydrogen-bond acceptors (Lipinski definition) is 5. The quantitative estimate of drug-likeness (QED) is 0.0403. The average molecular weight is 675 g/mol. The van der Waals surface area contributed by atoms with Gasteiger partial charge in [0, 0.05) is 12.8 Å². The average Bonchev–Trinajstić information content (AvgIpc) is 3.09. The lowest BCUT2D eigenvalue weighted by molar-refractivity contribution is -0.152. The molecule has 0 fully saturated rings. The zero-order valence-electron chi connectivity index (χ0n) is 31.7. The summed E-state index contributed by atoms with van der Waals surface area (Å²) >= 11 is 0. The number of rotatable bonds is 37. The molecule has 5 heteroatoms. The smallest absolute Gasteiger partial charge is 0.305 e. The van der Waals surface area contributed by atoms with Gasteiger partial charge in [0.05, 0.1) is 0 Å². The van der Waals surface area contributed by atoms with Crippen LogP contribution >= 0.6 is 0 Å². The van der Waals surface area contributed by atoms with Crippen molar-refractivity contribution in [2.45, 2.75) is 213 Å². The van der Waals surface area contributed by atoms with Crippen LogP contribution in [-0.2, 0) is 19.1 Å². The van der Waals surface area contributed by atoms with E-state index in [0.29, 0.717) is 12.8 Å². The lowest BCUT2D eigenvalue weighted by Gasteiger charge is -2.12. The van der Waals surface area contributed by atoms with Crippen LogP contribution in [0.4, 0.5) is 0 Å². The van der Waals surface area contributed by atoms with Crippen LogP contribution in [-0.4, -0.2) is 36.4 Å². The van der Waals surface area contributed by atoms with Gasteiger partial charge in [-0.15, -0.1) is 0 Å². The Kier molecular flexibility index (Phi) is 38.0. The van der Waals surface area contributed by atoms with Gasteiger partial charge in [-0.25, -0.2) is 0 Å². The lowest BCUT2D eigenvalue weighted by atomic mass is 10.0. The van der Waals surface area contributed by atoms with Crippen molar-refractivity contribution in [1.29, 1.82) is 0 Å². The van der Waals surface area contributed by atoms with Gasteiger partial charge in [0.25, 0.3) is 0 Å². The molecule has 0 heterocycles. The largest absolute Gasteiger partial charge is 0.463 e. The summed E-state index contributed by atoms with van der Waals surface area (Å²) in [6.07, 6.45) is 47.8. The molecule has 0 saturated carbocycles. The lowest BCUT2D eigenvalue weighted by Crippen LogP contribution is -2.25. The molecular formula is C43H78O5. The van der Waals surface area contributed by atoms with Gasteiger partial charge in [0.1, 0.15) is 19.3 Å². The summed E-state index contributed by atoms with van der Waals surface area (Å²) in [6, 6.07) is 0. The molecule has 0 unspecified atom stereocenters. The summed E-state index contributed by atoms with van der Waals surface area (Å²) in [6.45, 7) is 4.19. The summed E-state index contributed by atoms with van der Waals surface area (Å²) < 4.78 is 10.3. The van der Waals surface area contributed by atoms with E-state index in [1.807, 2.05) is 0 Å². The van der Waals surface area contributed by atoms with Crippen LogP contribution in [0.5, 0.6) is 0 Å². The van der Waals surface area contributed by atoms with Crippen molar-refractivity contribution in [3.8, 4) is 0 Å². The monoisotopic (exact) mass is 675 g/mol. The summed E-state index contributed by atoms with van der Waals surface area (Å²) in [5, 5.41) is 10.0. The molecule has 0 aliphatic rings. The molecule has 1 atom stereocenters. The van der Waals surface area contributed by atoms with Crippen molar-refractivity contribution < 1.29 is 24.2 Å². The van der Waals surface area contributed by atoms with Gasteiger partial charge in [0.2, 0.25) is 0 Å². The van der Waals surface area contributed by atoms with Crippen LogP contribution in [0, 0.1) is 0 Å². The Bertz CT molecular complexity index is 771. The van der Waals surface area contributed by atoms with Gasteiger partial charge < -0.3 is 14.6 Å². The van der Waals surface area contributed by atoms with Gasteiger partial charge in [-0.05, 0) is 44.9 Å². The normalized spacial score (nSPS) is 12.5. The molecule has 0 aliphatic heterocycles. The van der Waals surface area contributed by atoms with E-state index in [9.17, 15) is 14.7 Å². The predicted octanol–water partition coefficient (Wildman–Crippen LogP) is 12.8. The van der Waals surface area contributed by atoms with Gasteiger partial charge in [-0.2, -0.15) is 0 Å². The Labute approximate surface area is 297 Å². The van der Waals surface area contributed by atoms with E-state index in [4.69, 9.17) is 9.47 Å². The van der Waals surface area contributed by atoms with Gasteiger partial charge in [0.15, 0.2) is 0 Å². The first-order chi connectivity index (χ1) is 23.6. The second-order valence-corrected chi connectivity index (χ2v) is 13.7. The van der Waals surface area contributed by atoms with E-state index in [2.05, 4.69) is 50.3 Å². The third kappa shape index (κ3) is 38.6. The molecule has 0 aromatic carbocycles. The Morgan fingerprint density at radius 3 is 1.19 bits per heavy atom. The first kappa shape index (κ1) is 46.1. The summed E-state index contributed by atoms with van der Waals surface area (Å²) in [5.41, 5.74) is 0. The topological polar surface area (TPSA) is 72.8 Å². The first-order valence-electron chi connectivity index (χ1n) is 20.5. The van der Waals surface area contributed by atoms with E-state index in [0.717, 1.165) is 64.2 Å². The summed E-state index contributed by atoms with van der Waals surface area (Å²) in [4.78, 5) is 23.9. The molecule has 0 saturated heterocycles. The third-order valence-electron chi connectivity index (χ3n) is 8.89. The van der Waals surface area contributed by atoms with E-state index in [-0.39, 0.29) is 25.2 Å². The minimum Gasteiger partial charge on any atom is -0.463 e. The molecular weight excluding hydrogens is 596 g/mol. The van der Waals surface area contributed by atoms with Crippen LogP contribution in [0.2, 0.25) is 0 Å². The van der Waals surface area contributed by atoms with Crippen LogP contribution in [0.25, 0.3) is 0 Å².